The van der Waals surface area contributed by atoms with Gasteiger partial charge in [-0.25, -0.2) is 0 Å². The number of hydrogen-bond acceptors (Lipinski definition) is 3. The van der Waals surface area contributed by atoms with Crippen molar-refractivity contribution in [3.8, 4) is 5.75 Å². The van der Waals surface area contributed by atoms with Gasteiger partial charge in [0.1, 0.15) is 5.75 Å². The van der Waals surface area contributed by atoms with E-state index in [2.05, 4.69) is 10.6 Å². The molecule has 21 heavy (non-hydrogen) atoms. The molecule has 1 fully saturated rings. The Morgan fingerprint density at radius 2 is 2.38 bits per heavy atom. The molecule has 0 saturated carbocycles. The van der Waals surface area contributed by atoms with Crippen LogP contribution in [0.15, 0.2) is 24.3 Å². The molecule has 1 aliphatic rings. The Morgan fingerprint density at radius 1 is 1.52 bits per heavy atom. The van der Waals surface area contributed by atoms with Gasteiger partial charge in [0.25, 0.3) is 0 Å². The first-order valence-electron chi connectivity index (χ1n) is 7.83. The SMILES string of the molecule is COc1cccc(C(C)NC(=O)CCC2CCCNC2)c1. The molecule has 1 amide bonds. The molecule has 0 aliphatic carbocycles. The predicted molar refractivity (Wildman–Crippen MR) is 84.4 cm³/mol. The minimum atomic E-state index is 0.0112. The maximum atomic E-state index is 12.1. The van der Waals surface area contributed by atoms with E-state index >= 15 is 0 Å². The summed E-state index contributed by atoms with van der Waals surface area (Å²) in [7, 11) is 1.65. The molecule has 116 valence electrons. The van der Waals surface area contributed by atoms with E-state index in [-0.39, 0.29) is 11.9 Å². The fourth-order valence-electron chi connectivity index (χ4n) is 2.81. The van der Waals surface area contributed by atoms with Crippen molar-refractivity contribution in [2.45, 2.75) is 38.6 Å². The second-order valence-corrected chi connectivity index (χ2v) is 5.82. The summed E-state index contributed by atoms with van der Waals surface area (Å²) in [6, 6.07) is 7.85. The first kappa shape index (κ1) is 15.8. The molecule has 0 aromatic heterocycles. The number of carbonyl (C=O) groups excluding carboxylic acids is 1. The molecular weight excluding hydrogens is 264 g/mol. The first-order chi connectivity index (χ1) is 10.2. The zero-order chi connectivity index (χ0) is 15.1. The van der Waals surface area contributed by atoms with Crippen LogP contribution in [0.5, 0.6) is 5.75 Å². The van der Waals surface area contributed by atoms with Gasteiger partial charge in [-0.05, 0) is 62.9 Å². The molecule has 0 radical (unpaired) electrons. The summed E-state index contributed by atoms with van der Waals surface area (Å²) in [4.78, 5) is 12.1. The van der Waals surface area contributed by atoms with Gasteiger partial charge in [-0.3, -0.25) is 4.79 Å². The molecule has 2 N–H and O–H groups in total. The van der Waals surface area contributed by atoms with Gasteiger partial charge >= 0.3 is 0 Å². The molecule has 4 nitrogen and oxygen atoms in total. The van der Waals surface area contributed by atoms with E-state index in [1.807, 2.05) is 31.2 Å². The molecule has 1 saturated heterocycles. The van der Waals surface area contributed by atoms with E-state index in [0.29, 0.717) is 12.3 Å². The number of rotatable bonds is 6. The van der Waals surface area contributed by atoms with Gasteiger partial charge in [-0.15, -0.1) is 0 Å². The smallest absolute Gasteiger partial charge is 0.220 e. The van der Waals surface area contributed by atoms with E-state index in [4.69, 9.17) is 4.74 Å². The Morgan fingerprint density at radius 3 is 3.10 bits per heavy atom. The van der Waals surface area contributed by atoms with E-state index in [0.717, 1.165) is 30.8 Å². The van der Waals surface area contributed by atoms with E-state index in [1.54, 1.807) is 7.11 Å². The minimum absolute atomic E-state index is 0.0112. The molecule has 4 heteroatoms. The number of piperidine rings is 1. The Balaban J connectivity index is 1.78. The molecule has 1 aromatic rings. The number of amides is 1. The number of carbonyl (C=O) groups is 1. The van der Waals surface area contributed by atoms with Crippen molar-refractivity contribution in [1.82, 2.24) is 10.6 Å². The Labute approximate surface area is 127 Å². The normalized spacial score (nSPS) is 19.8. The number of hydrogen-bond donors (Lipinski definition) is 2. The van der Waals surface area contributed by atoms with E-state index < -0.39 is 0 Å². The van der Waals surface area contributed by atoms with Crippen molar-refractivity contribution in [3.05, 3.63) is 29.8 Å². The maximum absolute atomic E-state index is 12.1. The van der Waals surface area contributed by atoms with E-state index in [9.17, 15) is 4.79 Å². The maximum Gasteiger partial charge on any atom is 0.220 e. The molecule has 1 aromatic carbocycles. The lowest BCUT2D eigenvalue weighted by molar-refractivity contribution is -0.122. The predicted octanol–water partition coefficient (Wildman–Crippen LogP) is 2.65. The first-order valence-corrected chi connectivity index (χ1v) is 7.83. The molecule has 1 aliphatic heterocycles. The van der Waals surface area contributed by atoms with Crippen molar-refractivity contribution in [2.75, 3.05) is 20.2 Å². The van der Waals surface area contributed by atoms with Crippen LogP contribution in [0.2, 0.25) is 0 Å². The average molecular weight is 290 g/mol. The number of benzene rings is 1. The van der Waals surface area contributed by atoms with Gasteiger partial charge in [0.05, 0.1) is 13.2 Å². The van der Waals surface area contributed by atoms with Crippen molar-refractivity contribution in [3.63, 3.8) is 0 Å². The third-order valence-electron chi connectivity index (χ3n) is 4.15. The van der Waals surface area contributed by atoms with Gasteiger partial charge in [0.2, 0.25) is 5.91 Å². The fraction of sp³-hybridized carbons (Fsp3) is 0.588. The zero-order valence-corrected chi connectivity index (χ0v) is 13.0. The van der Waals surface area contributed by atoms with Gasteiger partial charge in [-0.2, -0.15) is 0 Å². The molecule has 2 rings (SSSR count). The van der Waals surface area contributed by atoms with Crippen LogP contribution in [0, 0.1) is 5.92 Å². The lowest BCUT2D eigenvalue weighted by Gasteiger charge is -2.22. The molecule has 1 heterocycles. The van der Waals surface area contributed by atoms with Gasteiger partial charge in [0.15, 0.2) is 0 Å². The summed E-state index contributed by atoms with van der Waals surface area (Å²) in [5, 5.41) is 6.46. The van der Waals surface area contributed by atoms with Crippen LogP contribution < -0.4 is 15.4 Å². The van der Waals surface area contributed by atoms with Crippen molar-refractivity contribution >= 4 is 5.91 Å². The second-order valence-electron chi connectivity index (χ2n) is 5.82. The largest absolute Gasteiger partial charge is 0.497 e. The highest BCUT2D eigenvalue weighted by Crippen LogP contribution is 2.20. The summed E-state index contributed by atoms with van der Waals surface area (Å²) in [6.45, 7) is 4.18. The van der Waals surface area contributed by atoms with Gasteiger partial charge in [0, 0.05) is 6.42 Å². The summed E-state index contributed by atoms with van der Waals surface area (Å²) in [5.41, 5.74) is 1.07. The quantitative estimate of drug-likeness (QED) is 0.847. The fourth-order valence-corrected chi connectivity index (χ4v) is 2.81. The van der Waals surface area contributed by atoms with Crippen LogP contribution in [-0.2, 0) is 4.79 Å². The van der Waals surface area contributed by atoms with Crippen molar-refractivity contribution in [2.24, 2.45) is 5.92 Å². The summed E-state index contributed by atoms with van der Waals surface area (Å²) in [6.07, 6.45) is 4.06. The Kier molecular flexibility index (Phi) is 6.05. The summed E-state index contributed by atoms with van der Waals surface area (Å²) >= 11 is 0. The van der Waals surface area contributed by atoms with Crippen molar-refractivity contribution in [1.29, 1.82) is 0 Å². The summed E-state index contributed by atoms with van der Waals surface area (Å²) in [5.74, 6) is 1.61. The number of nitrogens with one attached hydrogen (secondary N) is 2. The van der Waals surface area contributed by atoms with Gasteiger partial charge in [-0.1, -0.05) is 12.1 Å². The lowest BCUT2D eigenvalue weighted by Crippen LogP contribution is -2.31. The highest BCUT2D eigenvalue weighted by molar-refractivity contribution is 5.76. The highest BCUT2D eigenvalue weighted by atomic mass is 16.5. The van der Waals surface area contributed by atoms with Crippen LogP contribution in [0.1, 0.15) is 44.2 Å². The number of methoxy groups -OCH3 is 1. The van der Waals surface area contributed by atoms with Crippen LogP contribution in [0.25, 0.3) is 0 Å². The van der Waals surface area contributed by atoms with Crippen LogP contribution >= 0.6 is 0 Å². The van der Waals surface area contributed by atoms with Crippen LogP contribution in [0.4, 0.5) is 0 Å². The lowest BCUT2D eigenvalue weighted by atomic mass is 9.94. The van der Waals surface area contributed by atoms with Crippen molar-refractivity contribution < 1.29 is 9.53 Å². The summed E-state index contributed by atoms with van der Waals surface area (Å²) < 4.78 is 5.22. The standard InChI is InChI=1S/C17H26N2O2/c1-13(15-6-3-7-16(11-15)21-2)19-17(20)9-8-14-5-4-10-18-12-14/h3,6-7,11,13-14,18H,4-5,8-10,12H2,1-2H3,(H,19,20). The molecule has 2 unspecified atom stereocenters. The molecule has 0 spiro atoms. The third-order valence-corrected chi connectivity index (χ3v) is 4.15. The third kappa shape index (κ3) is 5.05. The van der Waals surface area contributed by atoms with Crippen LogP contribution in [0.3, 0.4) is 0 Å². The zero-order valence-electron chi connectivity index (χ0n) is 13.0. The second kappa shape index (κ2) is 8.03. The van der Waals surface area contributed by atoms with Gasteiger partial charge < -0.3 is 15.4 Å². The Hall–Kier alpha value is -1.55. The minimum Gasteiger partial charge on any atom is -0.497 e. The highest BCUT2D eigenvalue weighted by Gasteiger charge is 2.15. The monoisotopic (exact) mass is 290 g/mol. The molecule has 0 bridgehead atoms. The Bertz CT molecular complexity index is 456. The van der Waals surface area contributed by atoms with E-state index in [1.165, 1.54) is 12.8 Å². The topological polar surface area (TPSA) is 50.4 Å². The average Bonchev–Trinajstić information content (AvgIpc) is 2.54. The molecule has 2 atom stereocenters. The van der Waals surface area contributed by atoms with Crippen LogP contribution in [-0.4, -0.2) is 26.1 Å². The molecular formula is C17H26N2O2. The number of ether oxygens (including phenoxy) is 1.